The lowest BCUT2D eigenvalue weighted by Crippen LogP contribution is -2.35. The molecule has 2 rings (SSSR count). The van der Waals surface area contributed by atoms with Crippen molar-refractivity contribution in [1.29, 1.82) is 0 Å². The fourth-order valence-electron chi connectivity index (χ4n) is 2.85. The van der Waals surface area contributed by atoms with E-state index in [1.165, 1.54) is 43.8 Å². The molecule has 0 bridgehead atoms. The third-order valence-electron chi connectivity index (χ3n) is 4.26. The average Bonchev–Trinajstić information content (AvgIpc) is 3.13. The molecule has 0 radical (unpaired) electrons. The van der Waals surface area contributed by atoms with Gasteiger partial charge in [-0.05, 0) is 31.0 Å². The van der Waals surface area contributed by atoms with Gasteiger partial charge in [-0.15, -0.1) is 0 Å². The Bertz CT molecular complexity index is 703. The summed E-state index contributed by atoms with van der Waals surface area (Å²) >= 11 is 0. The lowest BCUT2D eigenvalue weighted by molar-refractivity contribution is 0.0598. The molecule has 1 aliphatic rings. The molecule has 1 aromatic carbocycles. The molecule has 0 spiro atoms. The molecular weight excluding hydrogens is 334 g/mol. The largest absolute Gasteiger partial charge is 0.465 e. The second-order valence-corrected chi connectivity index (χ2v) is 7.69. The van der Waals surface area contributed by atoms with E-state index in [-0.39, 0.29) is 22.1 Å². The van der Waals surface area contributed by atoms with Gasteiger partial charge < -0.3 is 9.47 Å². The van der Waals surface area contributed by atoms with E-state index in [1.54, 1.807) is 0 Å². The number of ether oxygens (including phenoxy) is 2. The minimum Gasteiger partial charge on any atom is -0.465 e. The van der Waals surface area contributed by atoms with Gasteiger partial charge in [0.15, 0.2) is 0 Å². The fourth-order valence-corrected chi connectivity index (χ4v) is 4.34. The van der Waals surface area contributed by atoms with Crippen LogP contribution in [0, 0.1) is 0 Å². The minimum atomic E-state index is -3.83. The first-order valence-electron chi connectivity index (χ1n) is 7.61. The van der Waals surface area contributed by atoms with Crippen molar-refractivity contribution >= 4 is 22.0 Å². The van der Waals surface area contributed by atoms with Gasteiger partial charge in [-0.25, -0.2) is 18.0 Å². The number of methoxy groups -OCH3 is 2. The van der Waals surface area contributed by atoms with Gasteiger partial charge in [0.2, 0.25) is 10.0 Å². The summed E-state index contributed by atoms with van der Waals surface area (Å²) in [5.41, 5.74) is -0.0300. The van der Waals surface area contributed by atoms with Crippen LogP contribution < -0.4 is 0 Å². The highest BCUT2D eigenvalue weighted by molar-refractivity contribution is 7.89. The zero-order valence-corrected chi connectivity index (χ0v) is 14.8. The molecule has 0 atom stereocenters. The number of benzene rings is 1. The molecule has 7 nitrogen and oxygen atoms in total. The first kappa shape index (κ1) is 18.4. The summed E-state index contributed by atoms with van der Waals surface area (Å²) in [6.07, 6.45) is 3.58. The molecule has 132 valence electrons. The molecule has 1 saturated carbocycles. The Morgan fingerprint density at radius 3 is 1.88 bits per heavy atom. The minimum absolute atomic E-state index is 0.0150. The van der Waals surface area contributed by atoms with Gasteiger partial charge >= 0.3 is 11.9 Å². The maximum Gasteiger partial charge on any atom is 0.337 e. The Morgan fingerprint density at radius 2 is 1.46 bits per heavy atom. The Hall–Kier alpha value is -1.93. The maximum absolute atomic E-state index is 12.9. The van der Waals surface area contributed by atoms with Crippen molar-refractivity contribution in [3.63, 3.8) is 0 Å². The van der Waals surface area contributed by atoms with Crippen LogP contribution in [-0.4, -0.2) is 52.0 Å². The number of nitrogens with zero attached hydrogens (tertiary/aromatic N) is 1. The lowest BCUT2D eigenvalue weighted by atomic mass is 10.1. The van der Waals surface area contributed by atoms with Crippen molar-refractivity contribution < 1.29 is 27.5 Å². The number of rotatable bonds is 5. The number of carbonyl (C=O) groups is 2. The van der Waals surface area contributed by atoms with Crippen LogP contribution in [0.2, 0.25) is 0 Å². The van der Waals surface area contributed by atoms with Crippen LogP contribution >= 0.6 is 0 Å². The van der Waals surface area contributed by atoms with E-state index in [9.17, 15) is 18.0 Å². The van der Waals surface area contributed by atoms with Crippen molar-refractivity contribution in [2.24, 2.45) is 0 Å². The summed E-state index contributed by atoms with van der Waals surface area (Å²) in [6.45, 7) is 0. The molecule has 0 aliphatic heterocycles. The molecule has 0 aromatic heterocycles. The van der Waals surface area contributed by atoms with Crippen molar-refractivity contribution in [3.05, 3.63) is 29.3 Å². The van der Waals surface area contributed by atoms with Crippen LogP contribution in [0.4, 0.5) is 0 Å². The summed E-state index contributed by atoms with van der Waals surface area (Å²) in [5, 5.41) is 0. The molecule has 1 aliphatic carbocycles. The average molecular weight is 355 g/mol. The predicted molar refractivity (Wildman–Crippen MR) is 86.3 cm³/mol. The van der Waals surface area contributed by atoms with Crippen LogP contribution in [0.1, 0.15) is 46.4 Å². The number of esters is 2. The predicted octanol–water partition coefficient (Wildman–Crippen LogP) is 1.82. The highest BCUT2D eigenvalue weighted by Crippen LogP contribution is 2.28. The summed E-state index contributed by atoms with van der Waals surface area (Å²) in [6, 6.07) is 3.63. The first-order chi connectivity index (χ1) is 11.3. The van der Waals surface area contributed by atoms with E-state index in [0.29, 0.717) is 0 Å². The molecule has 8 heteroatoms. The van der Waals surface area contributed by atoms with Crippen LogP contribution in [-0.2, 0) is 19.5 Å². The van der Waals surface area contributed by atoms with Crippen molar-refractivity contribution in [3.8, 4) is 0 Å². The van der Waals surface area contributed by atoms with E-state index in [1.807, 2.05) is 0 Å². The highest BCUT2D eigenvalue weighted by Gasteiger charge is 2.31. The maximum atomic E-state index is 12.9. The van der Waals surface area contributed by atoms with E-state index in [2.05, 4.69) is 9.47 Å². The highest BCUT2D eigenvalue weighted by atomic mass is 32.2. The van der Waals surface area contributed by atoms with Gasteiger partial charge in [0.1, 0.15) is 0 Å². The van der Waals surface area contributed by atoms with Crippen molar-refractivity contribution in [2.75, 3.05) is 21.3 Å². The Labute approximate surface area is 141 Å². The van der Waals surface area contributed by atoms with Gasteiger partial charge in [-0.3, -0.25) is 0 Å². The zero-order valence-electron chi connectivity index (χ0n) is 13.9. The fraction of sp³-hybridized carbons (Fsp3) is 0.500. The van der Waals surface area contributed by atoms with Gasteiger partial charge in [0.05, 0.1) is 30.2 Å². The molecule has 0 heterocycles. The third kappa shape index (κ3) is 3.59. The van der Waals surface area contributed by atoms with E-state index >= 15 is 0 Å². The van der Waals surface area contributed by atoms with Gasteiger partial charge in [-0.1, -0.05) is 12.8 Å². The molecule has 0 amide bonds. The van der Waals surface area contributed by atoms with Crippen LogP contribution in [0.25, 0.3) is 0 Å². The molecule has 1 fully saturated rings. The van der Waals surface area contributed by atoms with Crippen LogP contribution in [0.15, 0.2) is 23.1 Å². The van der Waals surface area contributed by atoms with Gasteiger partial charge in [-0.2, -0.15) is 4.31 Å². The molecule has 1 aromatic rings. The number of carbonyl (C=O) groups excluding carboxylic acids is 2. The van der Waals surface area contributed by atoms with Gasteiger partial charge in [0.25, 0.3) is 0 Å². The molecular formula is C16H21NO6S. The normalized spacial score (nSPS) is 15.5. The Morgan fingerprint density at radius 1 is 1.00 bits per heavy atom. The number of hydrogen-bond donors (Lipinski definition) is 0. The first-order valence-corrected chi connectivity index (χ1v) is 9.05. The second-order valence-electron chi connectivity index (χ2n) is 5.69. The quantitative estimate of drug-likeness (QED) is 0.749. The summed E-state index contributed by atoms with van der Waals surface area (Å²) in [4.78, 5) is 23.5. The topological polar surface area (TPSA) is 90.0 Å². The SMILES string of the molecule is COC(=O)c1cc(C(=O)OC)cc(S(=O)(=O)N(C)C2CCCC2)c1. The molecule has 24 heavy (non-hydrogen) atoms. The standard InChI is InChI=1S/C16H21NO6S/c1-17(13-6-4-5-7-13)24(20,21)14-9-11(15(18)22-2)8-12(10-14)16(19)23-3/h8-10,13H,4-7H2,1-3H3. The third-order valence-corrected chi connectivity index (χ3v) is 6.15. The van der Waals surface area contributed by atoms with Crippen LogP contribution in [0.5, 0.6) is 0 Å². The van der Waals surface area contributed by atoms with Gasteiger partial charge in [0, 0.05) is 13.1 Å². The zero-order chi connectivity index (χ0) is 17.9. The van der Waals surface area contributed by atoms with E-state index < -0.39 is 22.0 Å². The lowest BCUT2D eigenvalue weighted by Gasteiger charge is -2.24. The summed E-state index contributed by atoms with van der Waals surface area (Å²) in [7, 11) is 0.0616. The number of sulfonamides is 1. The second kappa shape index (κ2) is 7.31. The molecule has 0 N–H and O–H groups in total. The Balaban J connectivity index is 2.50. The molecule has 0 saturated heterocycles. The van der Waals surface area contributed by atoms with E-state index in [0.717, 1.165) is 25.7 Å². The van der Waals surface area contributed by atoms with Crippen LogP contribution in [0.3, 0.4) is 0 Å². The van der Waals surface area contributed by atoms with E-state index in [4.69, 9.17) is 0 Å². The van der Waals surface area contributed by atoms with Crippen molar-refractivity contribution in [1.82, 2.24) is 4.31 Å². The summed E-state index contributed by atoms with van der Waals surface area (Å²) in [5.74, 6) is -1.44. The van der Waals surface area contributed by atoms with Crippen molar-refractivity contribution in [2.45, 2.75) is 36.6 Å². The Kier molecular flexibility index (Phi) is 5.61. The summed E-state index contributed by atoms with van der Waals surface area (Å²) < 4.78 is 36.3. The smallest absolute Gasteiger partial charge is 0.337 e. The monoisotopic (exact) mass is 355 g/mol. The number of hydrogen-bond acceptors (Lipinski definition) is 6. The molecule has 0 unspecified atom stereocenters.